The SMILES string of the molecule is COc1ccc(CNC(=S)NC(=O)c2ccc(C)cc2)cc1. The molecule has 0 spiro atoms. The minimum atomic E-state index is -0.216. The Balaban J connectivity index is 1.84. The molecule has 0 aliphatic heterocycles. The highest BCUT2D eigenvalue weighted by molar-refractivity contribution is 7.80. The second kappa shape index (κ2) is 7.56. The summed E-state index contributed by atoms with van der Waals surface area (Å²) in [6.45, 7) is 2.51. The van der Waals surface area contributed by atoms with E-state index < -0.39 is 0 Å². The van der Waals surface area contributed by atoms with Crippen molar-refractivity contribution in [3.8, 4) is 5.75 Å². The summed E-state index contributed by atoms with van der Waals surface area (Å²) in [6, 6.07) is 15.0. The highest BCUT2D eigenvalue weighted by atomic mass is 32.1. The molecule has 0 atom stereocenters. The van der Waals surface area contributed by atoms with Crippen LogP contribution in [0.15, 0.2) is 48.5 Å². The van der Waals surface area contributed by atoms with Crippen molar-refractivity contribution in [3.05, 3.63) is 65.2 Å². The zero-order valence-electron chi connectivity index (χ0n) is 12.6. The first-order chi connectivity index (χ1) is 10.6. The summed E-state index contributed by atoms with van der Waals surface area (Å²) in [7, 11) is 1.63. The Bertz CT molecular complexity index is 651. The minimum Gasteiger partial charge on any atom is -0.497 e. The van der Waals surface area contributed by atoms with Crippen molar-refractivity contribution in [1.82, 2.24) is 10.6 Å². The molecule has 0 bridgehead atoms. The van der Waals surface area contributed by atoms with E-state index in [0.717, 1.165) is 16.9 Å². The molecule has 1 amide bonds. The molecule has 0 aliphatic carbocycles. The van der Waals surface area contributed by atoms with Crippen molar-refractivity contribution < 1.29 is 9.53 Å². The zero-order chi connectivity index (χ0) is 15.9. The predicted molar refractivity (Wildman–Crippen MR) is 91.1 cm³/mol. The second-order valence-electron chi connectivity index (χ2n) is 4.85. The maximum Gasteiger partial charge on any atom is 0.257 e. The van der Waals surface area contributed by atoms with Crippen LogP contribution in [0.5, 0.6) is 5.75 Å². The number of aryl methyl sites for hydroxylation is 1. The lowest BCUT2D eigenvalue weighted by Gasteiger charge is -2.10. The van der Waals surface area contributed by atoms with Gasteiger partial charge in [0.25, 0.3) is 5.91 Å². The Labute approximate surface area is 135 Å². The fourth-order valence-electron chi connectivity index (χ4n) is 1.85. The van der Waals surface area contributed by atoms with E-state index in [-0.39, 0.29) is 5.91 Å². The van der Waals surface area contributed by atoms with Gasteiger partial charge in [0.05, 0.1) is 7.11 Å². The van der Waals surface area contributed by atoms with Crippen LogP contribution in [0.3, 0.4) is 0 Å². The molecule has 114 valence electrons. The Kier molecular flexibility index (Phi) is 5.49. The third kappa shape index (κ3) is 4.56. The fourth-order valence-corrected chi connectivity index (χ4v) is 2.02. The fraction of sp³-hybridized carbons (Fsp3) is 0.176. The largest absolute Gasteiger partial charge is 0.497 e. The highest BCUT2D eigenvalue weighted by Gasteiger charge is 2.07. The van der Waals surface area contributed by atoms with Crippen LogP contribution in [0.2, 0.25) is 0 Å². The first-order valence-electron chi connectivity index (χ1n) is 6.87. The van der Waals surface area contributed by atoms with Crippen molar-refractivity contribution in [2.75, 3.05) is 7.11 Å². The van der Waals surface area contributed by atoms with E-state index in [1.54, 1.807) is 19.2 Å². The van der Waals surface area contributed by atoms with E-state index in [1.165, 1.54) is 0 Å². The van der Waals surface area contributed by atoms with Crippen molar-refractivity contribution in [1.29, 1.82) is 0 Å². The van der Waals surface area contributed by atoms with Crippen LogP contribution in [0.4, 0.5) is 0 Å². The van der Waals surface area contributed by atoms with Gasteiger partial charge in [0, 0.05) is 12.1 Å². The van der Waals surface area contributed by atoms with Crippen LogP contribution in [-0.4, -0.2) is 18.1 Å². The van der Waals surface area contributed by atoms with Gasteiger partial charge in [-0.25, -0.2) is 0 Å². The Morgan fingerprint density at radius 2 is 1.73 bits per heavy atom. The Morgan fingerprint density at radius 1 is 1.09 bits per heavy atom. The molecule has 2 N–H and O–H groups in total. The molecule has 2 rings (SSSR count). The minimum absolute atomic E-state index is 0.216. The number of nitrogens with one attached hydrogen (secondary N) is 2. The first-order valence-corrected chi connectivity index (χ1v) is 7.28. The number of hydrogen-bond acceptors (Lipinski definition) is 3. The summed E-state index contributed by atoms with van der Waals surface area (Å²) in [4.78, 5) is 12.0. The van der Waals surface area contributed by atoms with Gasteiger partial charge in [-0.05, 0) is 49.0 Å². The summed E-state index contributed by atoms with van der Waals surface area (Å²) in [5.41, 5.74) is 2.74. The summed E-state index contributed by atoms with van der Waals surface area (Å²) >= 11 is 5.14. The molecule has 4 nitrogen and oxygen atoms in total. The van der Waals surface area contributed by atoms with Crippen molar-refractivity contribution in [3.63, 3.8) is 0 Å². The standard InChI is InChI=1S/C17H18N2O2S/c1-12-3-7-14(8-4-12)16(20)19-17(22)18-11-13-5-9-15(21-2)10-6-13/h3-10H,11H2,1-2H3,(H2,18,19,20,22). The molecule has 0 heterocycles. The van der Waals surface area contributed by atoms with Gasteiger partial charge in [0.2, 0.25) is 0 Å². The van der Waals surface area contributed by atoms with E-state index >= 15 is 0 Å². The number of rotatable bonds is 4. The van der Waals surface area contributed by atoms with E-state index in [2.05, 4.69) is 10.6 Å². The lowest BCUT2D eigenvalue weighted by molar-refractivity contribution is 0.0976. The van der Waals surface area contributed by atoms with Crippen LogP contribution < -0.4 is 15.4 Å². The molecular formula is C17H18N2O2S. The molecule has 5 heteroatoms. The van der Waals surface area contributed by atoms with Crippen molar-refractivity contribution in [2.45, 2.75) is 13.5 Å². The molecule has 0 aliphatic rings. The molecule has 2 aromatic carbocycles. The quantitative estimate of drug-likeness (QED) is 0.852. The van der Waals surface area contributed by atoms with E-state index in [4.69, 9.17) is 17.0 Å². The number of thiocarbonyl (C=S) groups is 1. The normalized spacial score (nSPS) is 9.91. The Hall–Kier alpha value is -2.40. The monoisotopic (exact) mass is 314 g/mol. The third-order valence-corrected chi connectivity index (χ3v) is 3.40. The number of ether oxygens (including phenoxy) is 1. The van der Waals surface area contributed by atoms with Gasteiger partial charge in [0.1, 0.15) is 5.75 Å². The van der Waals surface area contributed by atoms with E-state index in [0.29, 0.717) is 17.2 Å². The molecule has 0 saturated carbocycles. The molecule has 2 aromatic rings. The topological polar surface area (TPSA) is 50.4 Å². The first kappa shape index (κ1) is 16.0. The molecule has 0 saturated heterocycles. The van der Waals surface area contributed by atoms with Gasteiger partial charge in [-0.3, -0.25) is 10.1 Å². The van der Waals surface area contributed by atoms with Crippen molar-refractivity contribution in [2.24, 2.45) is 0 Å². The average molecular weight is 314 g/mol. The molecular weight excluding hydrogens is 296 g/mol. The molecule has 0 unspecified atom stereocenters. The van der Waals surface area contributed by atoms with Crippen molar-refractivity contribution >= 4 is 23.2 Å². The highest BCUT2D eigenvalue weighted by Crippen LogP contribution is 2.10. The number of methoxy groups -OCH3 is 1. The predicted octanol–water partition coefficient (Wildman–Crippen LogP) is 2.81. The maximum absolute atomic E-state index is 12.0. The lowest BCUT2D eigenvalue weighted by atomic mass is 10.1. The average Bonchev–Trinajstić information content (AvgIpc) is 2.54. The number of hydrogen-bond donors (Lipinski definition) is 2. The molecule has 0 aromatic heterocycles. The van der Waals surface area contributed by atoms with Gasteiger partial charge in [-0.1, -0.05) is 29.8 Å². The summed E-state index contributed by atoms with van der Waals surface area (Å²) in [6.07, 6.45) is 0. The number of amides is 1. The molecule has 0 radical (unpaired) electrons. The van der Waals surface area contributed by atoms with Crippen LogP contribution in [0, 0.1) is 6.92 Å². The third-order valence-electron chi connectivity index (χ3n) is 3.15. The van der Waals surface area contributed by atoms with E-state index in [1.807, 2.05) is 43.3 Å². The summed E-state index contributed by atoms with van der Waals surface area (Å²) in [5.74, 6) is 0.589. The zero-order valence-corrected chi connectivity index (χ0v) is 13.4. The molecule has 22 heavy (non-hydrogen) atoms. The number of carbonyl (C=O) groups is 1. The summed E-state index contributed by atoms with van der Waals surface area (Å²) in [5, 5.41) is 5.98. The van der Waals surface area contributed by atoms with Gasteiger partial charge in [-0.2, -0.15) is 0 Å². The van der Waals surface area contributed by atoms with Gasteiger partial charge in [0.15, 0.2) is 5.11 Å². The van der Waals surface area contributed by atoms with Gasteiger partial charge in [-0.15, -0.1) is 0 Å². The van der Waals surface area contributed by atoms with Gasteiger partial charge < -0.3 is 10.1 Å². The van der Waals surface area contributed by atoms with Crippen LogP contribution in [0.25, 0.3) is 0 Å². The lowest BCUT2D eigenvalue weighted by Crippen LogP contribution is -2.38. The maximum atomic E-state index is 12.0. The smallest absolute Gasteiger partial charge is 0.257 e. The molecule has 0 fully saturated rings. The van der Waals surface area contributed by atoms with E-state index in [9.17, 15) is 4.79 Å². The van der Waals surface area contributed by atoms with Crippen LogP contribution in [-0.2, 0) is 6.54 Å². The van der Waals surface area contributed by atoms with Gasteiger partial charge >= 0.3 is 0 Å². The summed E-state index contributed by atoms with van der Waals surface area (Å²) < 4.78 is 5.10. The second-order valence-corrected chi connectivity index (χ2v) is 5.26. The Morgan fingerprint density at radius 3 is 2.32 bits per heavy atom. The number of carbonyl (C=O) groups excluding carboxylic acids is 1. The van der Waals surface area contributed by atoms with Crippen LogP contribution >= 0.6 is 12.2 Å². The van der Waals surface area contributed by atoms with Crippen LogP contribution in [0.1, 0.15) is 21.5 Å². The number of benzene rings is 2.